The van der Waals surface area contributed by atoms with Gasteiger partial charge in [0.05, 0.1) is 6.10 Å². The van der Waals surface area contributed by atoms with E-state index in [2.05, 4.69) is 29.6 Å². The zero-order valence-electron chi connectivity index (χ0n) is 19.8. The van der Waals surface area contributed by atoms with Gasteiger partial charge in [0.15, 0.2) is 0 Å². The van der Waals surface area contributed by atoms with Gasteiger partial charge >= 0.3 is 6.03 Å². The summed E-state index contributed by atoms with van der Waals surface area (Å²) in [6.45, 7) is 3.38. The van der Waals surface area contributed by atoms with Gasteiger partial charge in [-0.3, -0.25) is 0 Å². The molecular formula is C26H43N3O3. The number of hydrogen-bond acceptors (Lipinski definition) is 4. The van der Waals surface area contributed by atoms with Crippen LogP contribution in [0.3, 0.4) is 0 Å². The number of nitrogens with zero attached hydrogens (tertiary/aromatic N) is 1. The molecule has 32 heavy (non-hydrogen) atoms. The van der Waals surface area contributed by atoms with E-state index in [4.69, 9.17) is 15.2 Å². The van der Waals surface area contributed by atoms with E-state index in [0.717, 1.165) is 38.8 Å². The lowest BCUT2D eigenvalue weighted by molar-refractivity contribution is -0.0167. The van der Waals surface area contributed by atoms with E-state index < -0.39 is 0 Å². The van der Waals surface area contributed by atoms with Crippen LogP contribution < -0.4 is 11.1 Å². The summed E-state index contributed by atoms with van der Waals surface area (Å²) in [4.78, 5) is 15.1. The molecule has 1 aliphatic carbocycles. The summed E-state index contributed by atoms with van der Waals surface area (Å²) in [6, 6.07) is 10.5. The number of nitrogens with two attached hydrogens (primary N) is 1. The van der Waals surface area contributed by atoms with Crippen molar-refractivity contribution in [2.24, 2.45) is 17.6 Å². The number of amides is 2. The highest BCUT2D eigenvalue weighted by molar-refractivity contribution is 5.74. The molecule has 3 atom stereocenters. The van der Waals surface area contributed by atoms with Crippen molar-refractivity contribution in [2.75, 3.05) is 40.0 Å². The Labute approximate surface area is 194 Å². The molecule has 180 valence electrons. The standard InChI is InChI=1S/C26H43N3O3/c1-31-16-9-17-32-25(22-12-6-3-7-13-22)23-14-8-15-29(20-23)26(30)28-24(19-27)18-21-10-4-2-5-11-21/h3,6-7,12-13,21,23-25H,2,4-5,8-11,14-20,27H2,1H3,(H,28,30)/t23-,24+,25?/m1/s1. The van der Waals surface area contributed by atoms with Crippen molar-refractivity contribution in [1.29, 1.82) is 0 Å². The van der Waals surface area contributed by atoms with Crippen LogP contribution >= 0.6 is 0 Å². The molecular weight excluding hydrogens is 402 g/mol. The Morgan fingerprint density at radius 3 is 2.62 bits per heavy atom. The summed E-state index contributed by atoms with van der Waals surface area (Å²) in [6.07, 6.45) is 10.5. The van der Waals surface area contributed by atoms with Crippen molar-refractivity contribution in [3.05, 3.63) is 35.9 Å². The van der Waals surface area contributed by atoms with Crippen LogP contribution in [0.1, 0.15) is 69.5 Å². The fourth-order valence-corrected chi connectivity index (χ4v) is 5.31. The minimum atomic E-state index is -0.00352. The SMILES string of the molecule is COCCCOC(c1ccccc1)[C@@H]1CCCN(C(=O)N[C@H](CN)CC2CCCCC2)C1. The van der Waals surface area contributed by atoms with Crippen molar-refractivity contribution >= 4 is 6.03 Å². The zero-order valence-corrected chi connectivity index (χ0v) is 19.8. The van der Waals surface area contributed by atoms with Crippen LogP contribution in [0.15, 0.2) is 30.3 Å². The Kier molecular flexibility index (Phi) is 10.8. The fourth-order valence-electron chi connectivity index (χ4n) is 5.31. The second-order valence-corrected chi connectivity index (χ2v) is 9.52. The molecule has 2 amide bonds. The Hall–Kier alpha value is -1.63. The third-order valence-corrected chi connectivity index (χ3v) is 7.05. The van der Waals surface area contributed by atoms with Crippen LogP contribution in [0.5, 0.6) is 0 Å². The Morgan fingerprint density at radius 1 is 1.12 bits per heavy atom. The summed E-state index contributed by atoms with van der Waals surface area (Å²) < 4.78 is 11.5. The molecule has 3 N–H and O–H groups in total. The minimum absolute atomic E-state index is 0.00352. The molecule has 1 aliphatic heterocycles. The smallest absolute Gasteiger partial charge is 0.317 e. The van der Waals surface area contributed by atoms with Crippen molar-refractivity contribution in [3.8, 4) is 0 Å². The van der Waals surface area contributed by atoms with Gasteiger partial charge in [-0.15, -0.1) is 0 Å². The lowest BCUT2D eigenvalue weighted by atomic mass is 9.85. The van der Waals surface area contributed by atoms with Gasteiger partial charge in [0.2, 0.25) is 0 Å². The number of hydrogen-bond donors (Lipinski definition) is 2. The number of methoxy groups -OCH3 is 1. The van der Waals surface area contributed by atoms with E-state index in [0.29, 0.717) is 25.7 Å². The van der Waals surface area contributed by atoms with Gasteiger partial charge in [-0.2, -0.15) is 0 Å². The number of likely N-dealkylation sites (tertiary alicyclic amines) is 1. The molecule has 0 bridgehead atoms. The van der Waals surface area contributed by atoms with Gasteiger partial charge in [0.25, 0.3) is 0 Å². The molecule has 6 heteroatoms. The molecule has 6 nitrogen and oxygen atoms in total. The van der Waals surface area contributed by atoms with Gasteiger partial charge in [-0.25, -0.2) is 4.79 Å². The summed E-state index contributed by atoms with van der Waals surface area (Å²) in [5.41, 5.74) is 7.22. The average Bonchev–Trinajstić information content (AvgIpc) is 2.85. The molecule has 1 saturated carbocycles. The maximum absolute atomic E-state index is 13.1. The molecule has 1 heterocycles. The number of carbonyl (C=O) groups is 1. The highest BCUT2D eigenvalue weighted by atomic mass is 16.5. The Balaban J connectivity index is 1.57. The van der Waals surface area contributed by atoms with Crippen LogP contribution in [-0.2, 0) is 9.47 Å². The summed E-state index contributed by atoms with van der Waals surface area (Å²) >= 11 is 0. The summed E-state index contributed by atoms with van der Waals surface area (Å²) in [7, 11) is 1.72. The predicted molar refractivity (Wildman–Crippen MR) is 128 cm³/mol. The number of carbonyl (C=O) groups excluding carboxylic acids is 1. The van der Waals surface area contributed by atoms with Gasteiger partial charge in [0.1, 0.15) is 0 Å². The number of urea groups is 1. The van der Waals surface area contributed by atoms with E-state index in [1.807, 2.05) is 11.0 Å². The number of benzene rings is 1. The first-order chi connectivity index (χ1) is 15.7. The maximum atomic E-state index is 13.1. The molecule has 3 rings (SSSR count). The Morgan fingerprint density at radius 2 is 1.91 bits per heavy atom. The molecule has 2 aliphatic rings. The molecule has 1 unspecified atom stereocenters. The van der Waals surface area contributed by atoms with E-state index in [1.165, 1.54) is 37.7 Å². The fraction of sp³-hybridized carbons (Fsp3) is 0.731. The van der Waals surface area contributed by atoms with Crippen LogP contribution in [0.4, 0.5) is 4.79 Å². The first-order valence-corrected chi connectivity index (χ1v) is 12.6. The van der Waals surface area contributed by atoms with Crippen molar-refractivity contribution in [1.82, 2.24) is 10.2 Å². The molecule has 1 saturated heterocycles. The molecule has 0 radical (unpaired) electrons. The monoisotopic (exact) mass is 445 g/mol. The topological polar surface area (TPSA) is 76.8 Å². The van der Waals surface area contributed by atoms with Crippen LogP contribution in [0.25, 0.3) is 0 Å². The average molecular weight is 446 g/mol. The maximum Gasteiger partial charge on any atom is 0.317 e. The largest absolute Gasteiger partial charge is 0.385 e. The van der Waals surface area contributed by atoms with Crippen LogP contribution in [0.2, 0.25) is 0 Å². The van der Waals surface area contributed by atoms with E-state index >= 15 is 0 Å². The predicted octanol–water partition coefficient (Wildman–Crippen LogP) is 4.50. The van der Waals surface area contributed by atoms with E-state index in [-0.39, 0.29) is 24.1 Å². The van der Waals surface area contributed by atoms with Gasteiger partial charge in [-0.1, -0.05) is 62.4 Å². The van der Waals surface area contributed by atoms with Crippen molar-refractivity contribution in [3.63, 3.8) is 0 Å². The summed E-state index contributed by atoms with van der Waals surface area (Å²) in [5.74, 6) is 0.990. The number of ether oxygens (including phenoxy) is 2. The molecule has 0 spiro atoms. The number of rotatable bonds is 11. The lowest BCUT2D eigenvalue weighted by Crippen LogP contribution is -2.51. The quantitative estimate of drug-likeness (QED) is 0.492. The Bertz CT molecular complexity index is 651. The second-order valence-electron chi connectivity index (χ2n) is 9.52. The van der Waals surface area contributed by atoms with E-state index in [1.54, 1.807) is 7.11 Å². The van der Waals surface area contributed by atoms with Crippen molar-refractivity contribution < 1.29 is 14.3 Å². The van der Waals surface area contributed by atoms with Gasteiger partial charge in [0, 0.05) is 51.9 Å². The molecule has 2 fully saturated rings. The second kappa shape index (κ2) is 13.8. The third-order valence-electron chi connectivity index (χ3n) is 7.05. The van der Waals surface area contributed by atoms with Crippen LogP contribution in [0, 0.1) is 11.8 Å². The van der Waals surface area contributed by atoms with E-state index in [9.17, 15) is 4.79 Å². The van der Waals surface area contributed by atoms with Gasteiger partial charge in [-0.05, 0) is 37.2 Å². The van der Waals surface area contributed by atoms with Gasteiger partial charge < -0.3 is 25.4 Å². The lowest BCUT2D eigenvalue weighted by Gasteiger charge is -2.38. The summed E-state index contributed by atoms with van der Waals surface area (Å²) in [5, 5.41) is 3.25. The molecule has 1 aromatic rings. The van der Waals surface area contributed by atoms with Crippen molar-refractivity contribution in [2.45, 2.75) is 69.9 Å². The number of piperidine rings is 1. The third kappa shape index (κ3) is 7.75. The highest BCUT2D eigenvalue weighted by Gasteiger charge is 2.32. The first kappa shape index (κ1) is 25.0. The van der Waals surface area contributed by atoms with Crippen LogP contribution in [-0.4, -0.2) is 56.9 Å². The normalized spacial score (nSPS) is 21.8. The molecule has 1 aromatic carbocycles. The minimum Gasteiger partial charge on any atom is -0.385 e. The number of nitrogens with one attached hydrogen (secondary N) is 1. The first-order valence-electron chi connectivity index (χ1n) is 12.6. The molecule has 0 aromatic heterocycles. The zero-order chi connectivity index (χ0) is 22.6. The highest BCUT2D eigenvalue weighted by Crippen LogP contribution is 2.33.